The predicted molar refractivity (Wildman–Crippen MR) is 74.5 cm³/mol. The van der Waals surface area contributed by atoms with E-state index in [0.29, 0.717) is 5.75 Å². The van der Waals surface area contributed by atoms with E-state index in [1.807, 2.05) is 0 Å². The normalized spacial score (nSPS) is 11.4. The van der Waals surface area contributed by atoms with Crippen LogP contribution in [0.2, 0.25) is 5.02 Å². The summed E-state index contributed by atoms with van der Waals surface area (Å²) in [4.78, 5) is 11.2. The lowest BCUT2D eigenvalue weighted by atomic mass is 10.3. The molecule has 1 aromatic carbocycles. The monoisotopic (exact) mass is 321 g/mol. The van der Waals surface area contributed by atoms with Crippen molar-refractivity contribution in [2.45, 2.75) is 11.8 Å². The maximum Gasteiger partial charge on any atom is 0.321 e. The number of benzene rings is 1. The zero-order valence-electron chi connectivity index (χ0n) is 11.4. The highest BCUT2D eigenvalue weighted by molar-refractivity contribution is 7.89. The Balaban J connectivity index is 3.14. The second kappa shape index (κ2) is 6.92. The Morgan fingerprint density at radius 2 is 2.00 bits per heavy atom. The summed E-state index contributed by atoms with van der Waals surface area (Å²) in [5.74, 6) is -0.253. The van der Waals surface area contributed by atoms with E-state index in [0.717, 1.165) is 4.31 Å². The number of halogens is 1. The molecule has 0 spiro atoms. The first-order chi connectivity index (χ1) is 9.36. The van der Waals surface area contributed by atoms with E-state index in [9.17, 15) is 13.2 Å². The molecule has 0 radical (unpaired) electrons. The third kappa shape index (κ3) is 3.62. The highest BCUT2D eigenvalue weighted by atomic mass is 35.5. The summed E-state index contributed by atoms with van der Waals surface area (Å²) < 4.78 is 35.2. The first-order valence-electron chi connectivity index (χ1n) is 5.77. The standard InChI is InChI=1S/C12H16ClNO5S/c1-4-14(8-12(15)19-3)20(16,17)9-5-6-11(18-2)10(13)7-9/h5-7H,4,8H2,1-3H3. The molecule has 1 rings (SSSR count). The van der Waals surface area contributed by atoms with Crippen LogP contribution in [0.15, 0.2) is 23.1 Å². The molecule has 0 aliphatic heterocycles. The van der Waals surface area contributed by atoms with E-state index < -0.39 is 16.0 Å². The van der Waals surface area contributed by atoms with Crippen molar-refractivity contribution in [2.24, 2.45) is 0 Å². The second-order valence-electron chi connectivity index (χ2n) is 3.80. The first-order valence-corrected chi connectivity index (χ1v) is 7.59. The average Bonchev–Trinajstić information content (AvgIpc) is 2.43. The van der Waals surface area contributed by atoms with Gasteiger partial charge in [-0.25, -0.2) is 8.42 Å². The number of sulfonamides is 1. The molecule has 0 aromatic heterocycles. The number of methoxy groups -OCH3 is 2. The lowest BCUT2D eigenvalue weighted by Gasteiger charge is -2.19. The largest absolute Gasteiger partial charge is 0.495 e. The van der Waals surface area contributed by atoms with E-state index in [-0.39, 0.29) is 23.0 Å². The number of esters is 1. The molecule has 8 heteroatoms. The topological polar surface area (TPSA) is 72.9 Å². The van der Waals surface area contributed by atoms with Gasteiger partial charge >= 0.3 is 5.97 Å². The number of carbonyl (C=O) groups excluding carboxylic acids is 1. The maximum absolute atomic E-state index is 12.4. The minimum absolute atomic E-state index is 0.00551. The van der Waals surface area contributed by atoms with Crippen LogP contribution in [-0.2, 0) is 19.6 Å². The van der Waals surface area contributed by atoms with Gasteiger partial charge in [0, 0.05) is 6.54 Å². The van der Waals surface area contributed by atoms with Crippen LogP contribution in [0, 0.1) is 0 Å². The van der Waals surface area contributed by atoms with E-state index in [1.54, 1.807) is 6.92 Å². The smallest absolute Gasteiger partial charge is 0.321 e. The summed E-state index contributed by atoms with van der Waals surface area (Å²) in [5.41, 5.74) is 0. The summed E-state index contributed by atoms with van der Waals surface area (Å²) in [7, 11) is -1.17. The number of nitrogens with zero attached hydrogens (tertiary/aromatic N) is 1. The highest BCUT2D eigenvalue weighted by Crippen LogP contribution is 2.28. The van der Waals surface area contributed by atoms with Gasteiger partial charge in [0.25, 0.3) is 0 Å². The predicted octanol–water partition coefficient (Wildman–Crippen LogP) is 1.53. The number of hydrogen-bond donors (Lipinski definition) is 0. The van der Waals surface area contributed by atoms with Gasteiger partial charge in [0.05, 0.1) is 24.1 Å². The van der Waals surface area contributed by atoms with Crippen molar-refractivity contribution in [3.8, 4) is 5.75 Å². The minimum Gasteiger partial charge on any atom is -0.495 e. The first kappa shape index (κ1) is 16.7. The van der Waals surface area contributed by atoms with Crippen LogP contribution in [-0.4, -0.2) is 46.0 Å². The molecule has 0 bridgehead atoms. The highest BCUT2D eigenvalue weighted by Gasteiger charge is 2.26. The quantitative estimate of drug-likeness (QED) is 0.743. The van der Waals surface area contributed by atoms with Crippen LogP contribution < -0.4 is 4.74 Å². The maximum atomic E-state index is 12.4. The summed E-state index contributed by atoms with van der Waals surface area (Å²) in [5, 5.41) is 0.183. The molecule has 0 unspecified atom stereocenters. The van der Waals surface area contributed by atoms with Crippen molar-refractivity contribution in [2.75, 3.05) is 27.3 Å². The SMILES string of the molecule is CCN(CC(=O)OC)S(=O)(=O)c1ccc(OC)c(Cl)c1. The van der Waals surface area contributed by atoms with Gasteiger partial charge in [-0.1, -0.05) is 18.5 Å². The van der Waals surface area contributed by atoms with Crippen molar-refractivity contribution >= 4 is 27.6 Å². The molecule has 0 N–H and O–H groups in total. The van der Waals surface area contributed by atoms with Crippen LogP contribution in [0.5, 0.6) is 5.75 Å². The molecule has 0 saturated heterocycles. The van der Waals surface area contributed by atoms with Gasteiger partial charge in [0.2, 0.25) is 10.0 Å². The Bertz CT molecular complexity index is 588. The van der Waals surface area contributed by atoms with Gasteiger partial charge in [0.1, 0.15) is 12.3 Å². The van der Waals surface area contributed by atoms with Gasteiger partial charge < -0.3 is 9.47 Å². The average molecular weight is 322 g/mol. The minimum atomic E-state index is -3.81. The third-order valence-electron chi connectivity index (χ3n) is 2.65. The molecular formula is C12H16ClNO5S. The zero-order valence-corrected chi connectivity index (χ0v) is 13.0. The molecule has 0 saturated carbocycles. The molecule has 6 nitrogen and oxygen atoms in total. The fourth-order valence-corrected chi connectivity index (χ4v) is 3.27. The van der Waals surface area contributed by atoms with Gasteiger partial charge in [-0.3, -0.25) is 4.79 Å². The van der Waals surface area contributed by atoms with Crippen LogP contribution in [0.1, 0.15) is 6.92 Å². The molecule has 1 aromatic rings. The van der Waals surface area contributed by atoms with E-state index in [4.69, 9.17) is 16.3 Å². The number of carbonyl (C=O) groups is 1. The van der Waals surface area contributed by atoms with Crippen molar-refractivity contribution in [1.29, 1.82) is 0 Å². The van der Waals surface area contributed by atoms with Crippen molar-refractivity contribution in [1.82, 2.24) is 4.31 Å². The fourth-order valence-electron chi connectivity index (χ4n) is 1.53. The van der Waals surface area contributed by atoms with Gasteiger partial charge in [-0.2, -0.15) is 4.31 Å². The second-order valence-corrected chi connectivity index (χ2v) is 6.15. The summed E-state index contributed by atoms with van der Waals surface area (Å²) in [6.45, 7) is 1.42. The Morgan fingerprint density at radius 1 is 1.35 bits per heavy atom. The molecule has 0 amide bonds. The fraction of sp³-hybridized carbons (Fsp3) is 0.417. The molecule has 0 aliphatic carbocycles. The molecule has 0 aliphatic rings. The molecule has 0 fully saturated rings. The third-order valence-corrected chi connectivity index (χ3v) is 4.86. The Hall–Kier alpha value is -1.31. The van der Waals surface area contributed by atoms with Gasteiger partial charge in [-0.05, 0) is 18.2 Å². The van der Waals surface area contributed by atoms with Crippen LogP contribution in [0.4, 0.5) is 0 Å². The number of hydrogen-bond acceptors (Lipinski definition) is 5. The molecular weight excluding hydrogens is 306 g/mol. The molecule has 0 atom stereocenters. The van der Waals surface area contributed by atoms with Crippen molar-refractivity contribution in [3.63, 3.8) is 0 Å². The van der Waals surface area contributed by atoms with Gasteiger partial charge in [0.15, 0.2) is 0 Å². The van der Waals surface area contributed by atoms with E-state index in [1.165, 1.54) is 32.4 Å². The zero-order chi connectivity index (χ0) is 15.3. The van der Waals surface area contributed by atoms with Gasteiger partial charge in [-0.15, -0.1) is 0 Å². The van der Waals surface area contributed by atoms with Crippen molar-refractivity contribution < 1.29 is 22.7 Å². The molecule has 112 valence electrons. The summed E-state index contributed by atoms with van der Waals surface area (Å²) in [6, 6.07) is 4.12. The Morgan fingerprint density at radius 3 is 2.45 bits per heavy atom. The molecule has 0 heterocycles. The van der Waals surface area contributed by atoms with E-state index >= 15 is 0 Å². The number of likely N-dealkylation sites (N-methyl/N-ethyl adjacent to an activating group) is 1. The van der Waals surface area contributed by atoms with E-state index in [2.05, 4.69) is 4.74 Å². The van der Waals surface area contributed by atoms with Crippen LogP contribution in [0.3, 0.4) is 0 Å². The lowest BCUT2D eigenvalue weighted by Crippen LogP contribution is -2.36. The molecule has 20 heavy (non-hydrogen) atoms. The summed E-state index contributed by atoms with van der Waals surface area (Å²) >= 11 is 5.92. The Kier molecular flexibility index (Phi) is 5.79. The van der Waals surface area contributed by atoms with Crippen LogP contribution in [0.25, 0.3) is 0 Å². The number of rotatable bonds is 6. The van der Waals surface area contributed by atoms with Crippen molar-refractivity contribution in [3.05, 3.63) is 23.2 Å². The number of ether oxygens (including phenoxy) is 2. The Labute approximate surface area is 123 Å². The van der Waals surface area contributed by atoms with Crippen LogP contribution >= 0.6 is 11.6 Å². The summed E-state index contributed by atoms with van der Waals surface area (Å²) in [6.07, 6.45) is 0. The lowest BCUT2D eigenvalue weighted by molar-refractivity contribution is -0.140.